The fourth-order valence-corrected chi connectivity index (χ4v) is 17.7. The Balaban J connectivity index is 0.000000290. The fourth-order valence-electron chi connectivity index (χ4n) is 7.56. The summed E-state index contributed by atoms with van der Waals surface area (Å²) in [6.45, 7) is 25.3. The molecule has 2 atom stereocenters. The molecule has 0 heterocycles. The molecule has 0 saturated carbocycles. The Labute approximate surface area is 346 Å². The maximum atomic E-state index is 10.1. The molecule has 0 amide bonds. The number of hydrogen-bond donors (Lipinski definition) is 1. The van der Waals surface area contributed by atoms with E-state index in [0.717, 1.165) is 41.3 Å². The van der Waals surface area contributed by atoms with Gasteiger partial charge in [0.25, 0.3) is 16.6 Å². The van der Waals surface area contributed by atoms with Gasteiger partial charge in [0.05, 0.1) is 6.10 Å². The molecule has 0 fully saturated rings. The Morgan fingerprint density at radius 3 is 1.13 bits per heavy atom. The Morgan fingerprint density at radius 1 is 0.556 bits per heavy atom. The summed E-state index contributed by atoms with van der Waals surface area (Å²) in [6, 6.07) is 43.0. The highest BCUT2D eigenvalue weighted by Gasteiger charge is 2.51. The Morgan fingerprint density at radius 2 is 0.852 bits per heavy atom. The molecule has 7 heteroatoms. The average molecular weight is 893 g/mol. The summed E-state index contributed by atoms with van der Waals surface area (Å²) in [7, 11) is -4.84. The van der Waals surface area contributed by atoms with E-state index in [9.17, 15) is 5.11 Å². The third-order valence-electron chi connectivity index (χ3n) is 10.0. The van der Waals surface area contributed by atoms with Gasteiger partial charge in [-0.2, -0.15) is 0 Å². The van der Waals surface area contributed by atoms with Gasteiger partial charge in [-0.05, 0) is 77.8 Å². The number of benzene rings is 4. The molecule has 3 nitrogen and oxygen atoms in total. The molecule has 1 N–H and O–H groups in total. The van der Waals surface area contributed by atoms with Gasteiger partial charge in [0.15, 0.2) is 0 Å². The lowest BCUT2D eigenvalue weighted by molar-refractivity contribution is 0.153. The topological polar surface area (TPSA) is 38.7 Å². The van der Waals surface area contributed by atoms with Crippen molar-refractivity contribution < 1.29 is 14.0 Å². The number of rotatable bonds is 18. The van der Waals surface area contributed by atoms with Crippen molar-refractivity contribution in [1.29, 1.82) is 0 Å². The summed E-state index contributed by atoms with van der Waals surface area (Å²) in [5, 5.41) is 15.4. The molecule has 4 aromatic carbocycles. The third kappa shape index (κ3) is 12.8. The van der Waals surface area contributed by atoms with Crippen LogP contribution in [0.4, 0.5) is 0 Å². The number of hydrogen-bond acceptors (Lipinski definition) is 3. The molecule has 4 rings (SSSR count). The van der Waals surface area contributed by atoms with Gasteiger partial charge < -0.3 is 14.0 Å². The van der Waals surface area contributed by atoms with Crippen LogP contribution in [0, 0.1) is 5.92 Å². The van der Waals surface area contributed by atoms with Crippen molar-refractivity contribution in [2.24, 2.45) is 5.92 Å². The lowest BCUT2D eigenvalue weighted by atomic mass is 10.0. The third-order valence-corrected chi connectivity index (χ3v) is 20.8. The molecule has 0 radical (unpaired) electrons. The van der Waals surface area contributed by atoms with Gasteiger partial charge >= 0.3 is 0 Å². The van der Waals surface area contributed by atoms with Crippen LogP contribution in [0.5, 0.6) is 0 Å². The Kier molecular flexibility index (Phi) is 18.6. The summed E-state index contributed by atoms with van der Waals surface area (Å²) >= 11 is 6.81. The van der Waals surface area contributed by atoms with E-state index >= 15 is 0 Å². The first-order valence-electron chi connectivity index (χ1n) is 19.4. The van der Waals surface area contributed by atoms with Gasteiger partial charge in [-0.1, -0.05) is 215 Å². The summed E-state index contributed by atoms with van der Waals surface area (Å²) in [4.78, 5) is 0. The molecule has 0 aliphatic carbocycles. The standard InChI is InChI=1S/C24H33BrOSi.C23H31BrO2Si/c1-20(19-21(2)25)13-12-18-26-27(24(3,4)5,22-14-8-6-9-15-22)23-16-10-7-11-17-23;1-19(24)18-20(25)12-11-17-26-27(23(2,3)4,21-13-7-5-8-14-21)22-15-9-6-10-16-22/h6-11,14-17,20H,2,12-13,18-19H2,1,3-5H3;5-10,13-16,20,25H,1,11-12,17-18H2,2-4H3/t2*20-/m00/s1. The van der Waals surface area contributed by atoms with Crippen molar-refractivity contribution in [3.05, 3.63) is 143 Å². The minimum atomic E-state index is -2.46. The smallest absolute Gasteiger partial charge is 0.261 e. The van der Waals surface area contributed by atoms with Gasteiger partial charge in [-0.15, -0.1) is 0 Å². The SMILES string of the molecule is C=C(Br)C[C@@H](C)CCCO[Si](c1ccccc1)(c1ccccc1)C(C)(C)C.C=C(Br)C[C@@H](O)CCCO[Si](c1ccccc1)(c1ccccc1)C(C)(C)C. The lowest BCUT2D eigenvalue weighted by Crippen LogP contribution is -2.66. The zero-order chi connectivity index (χ0) is 39.8. The number of halogens is 2. The van der Waals surface area contributed by atoms with Crippen LogP contribution in [0.15, 0.2) is 143 Å². The van der Waals surface area contributed by atoms with Crippen LogP contribution in [-0.2, 0) is 8.85 Å². The normalized spacial score (nSPS) is 13.4. The van der Waals surface area contributed by atoms with Crippen molar-refractivity contribution in [3.8, 4) is 0 Å². The molecule has 292 valence electrons. The van der Waals surface area contributed by atoms with E-state index in [2.05, 4.69) is 215 Å². The summed E-state index contributed by atoms with van der Waals surface area (Å²) in [5.41, 5.74) is 0. The fraction of sp³-hybridized carbons (Fsp3) is 0.404. The van der Waals surface area contributed by atoms with Gasteiger partial charge in [-0.3, -0.25) is 0 Å². The maximum absolute atomic E-state index is 10.1. The van der Waals surface area contributed by atoms with Crippen molar-refractivity contribution >= 4 is 69.2 Å². The quantitative estimate of drug-likeness (QED) is 0.0799. The summed E-state index contributed by atoms with van der Waals surface area (Å²) in [5.74, 6) is 0.625. The second-order valence-corrected chi connectivity index (χ2v) is 27.4. The van der Waals surface area contributed by atoms with E-state index in [0.29, 0.717) is 25.4 Å². The molecule has 4 aromatic rings. The van der Waals surface area contributed by atoms with Crippen LogP contribution in [0.1, 0.15) is 87.0 Å². The Bertz CT molecular complexity index is 1460. The van der Waals surface area contributed by atoms with Crippen LogP contribution in [-0.4, -0.2) is 41.1 Å². The van der Waals surface area contributed by atoms with Crippen LogP contribution in [0.3, 0.4) is 0 Å². The zero-order valence-electron chi connectivity index (χ0n) is 33.8. The van der Waals surface area contributed by atoms with Gasteiger partial charge in [0.2, 0.25) is 0 Å². The van der Waals surface area contributed by atoms with Gasteiger partial charge in [-0.25, -0.2) is 0 Å². The number of aliphatic hydroxyl groups excluding tert-OH is 1. The van der Waals surface area contributed by atoms with Crippen molar-refractivity contribution in [2.75, 3.05) is 13.2 Å². The highest BCUT2D eigenvalue weighted by atomic mass is 79.9. The van der Waals surface area contributed by atoms with Crippen molar-refractivity contribution in [3.63, 3.8) is 0 Å². The predicted molar refractivity (Wildman–Crippen MR) is 246 cm³/mol. The lowest BCUT2D eigenvalue weighted by Gasteiger charge is -2.43. The van der Waals surface area contributed by atoms with E-state index in [1.54, 1.807) is 0 Å². The highest BCUT2D eigenvalue weighted by Crippen LogP contribution is 2.38. The molecule has 0 saturated heterocycles. The molecule has 0 aliphatic rings. The second kappa shape index (κ2) is 21.8. The van der Waals surface area contributed by atoms with Gasteiger partial charge in [0.1, 0.15) is 0 Å². The minimum absolute atomic E-state index is 0.0154. The van der Waals surface area contributed by atoms with E-state index in [-0.39, 0.29) is 16.2 Å². The maximum Gasteiger partial charge on any atom is 0.261 e. The molecular weight excluding hydrogens is 828 g/mol. The first-order valence-corrected chi connectivity index (χ1v) is 24.8. The first-order chi connectivity index (χ1) is 25.5. The monoisotopic (exact) mass is 890 g/mol. The van der Waals surface area contributed by atoms with Crippen LogP contribution in [0.25, 0.3) is 0 Å². The minimum Gasteiger partial charge on any atom is -0.407 e. The number of allylic oxidation sites excluding steroid dienone is 1. The molecule has 0 spiro atoms. The van der Waals surface area contributed by atoms with Crippen molar-refractivity contribution in [1.82, 2.24) is 0 Å². The number of aliphatic hydroxyl groups is 1. The van der Waals surface area contributed by atoms with E-state index in [1.807, 2.05) is 0 Å². The zero-order valence-corrected chi connectivity index (χ0v) is 39.0. The van der Waals surface area contributed by atoms with Crippen molar-refractivity contribution in [2.45, 2.75) is 103 Å². The summed E-state index contributed by atoms with van der Waals surface area (Å²) in [6.07, 6.45) is 5.00. The largest absolute Gasteiger partial charge is 0.407 e. The predicted octanol–water partition coefficient (Wildman–Crippen LogP) is 11.3. The molecule has 0 bridgehead atoms. The highest BCUT2D eigenvalue weighted by molar-refractivity contribution is 9.12. The van der Waals surface area contributed by atoms with E-state index in [1.165, 1.54) is 20.7 Å². The average Bonchev–Trinajstić information content (AvgIpc) is 3.12. The van der Waals surface area contributed by atoms with Crippen LogP contribution in [0.2, 0.25) is 10.1 Å². The molecule has 0 aliphatic heterocycles. The molecular formula is C47H64Br2O3Si2. The summed E-state index contributed by atoms with van der Waals surface area (Å²) < 4.78 is 15.7. The molecule has 54 heavy (non-hydrogen) atoms. The molecule has 0 unspecified atom stereocenters. The van der Waals surface area contributed by atoms with E-state index < -0.39 is 16.6 Å². The van der Waals surface area contributed by atoms with Crippen LogP contribution >= 0.6 is 31.9 Å². The second-order valence-electron chi connectivity index (χ2n) is 16.5. The Hall–Kier alpha value is -2.37. The van der Waals surface area contributed by atoms with E-state index in [4.69, 9.17) is 8.85 Å². The first kappa shape index (κ1) is 46.0. The molecule has 0 aromatic heterocycles. The van der Waals surface area contributed by atoms with Crippen LogP contribution < -0.4 is 20.7 Å². The van der Waals surface area contributed by atoms with Gasteiger partial charge in [0, 0.05) is 19.6 Å².